The molecule has 0 aromatic carbocycles. The van der Waals surface area contributed by atoms with E-state index in [-0.39, 0.29) is 5.28 Å². The van der Waals surface area contributed by atoms with Crippen LogP contribution in [0.3, 0.4) is 0 Å². The van der Waals surface area contributed by atoms with E-state index < -0.39 is 14.2 Å². The first-order chi connectivity index (χ1) is 17.7. The lowest BCUT2D eigenvalue weighted by Gasteiger charge is -2.15. The van der Waals surface area contributed by atoms with Crippen LogP contribution in [-0.2, 0) is 27.8 Å². The average molecular weight is 555 g/mol. The first-order valence-corrected chi connectivity index (χ1v) is 16.0. The first-order valence-electron chi connectivity index (χ1n) is 12.0. The average Bonchev–Trinajstić information content (AvgIpc) is 3.40. The molecule has 15 heteroatoms. The van der Waals surface area contributed by atoms with E-state index in [9.17, 15) is 4.79 Å². The molecule has 0 saturated carbocycles. The van der Waals surface area contributed by atoms with Crippen LogP contribution in [-0.4, -0.2) is 90.2 Å². The topological polar surface area (TPSA) is 139 Å². The van der Waals surface area contributed by atoms with Crippen molar-refractivity contribution in [1.82, 2.24) is 34.6 Å². The Labute approximate surface area is 221 Å². The smallest absolute Gasteiger partial charge is 0.407 e. The predicted octanol–water partition coefficient (Wildman–Crippen LogP) is 3.06. The number of anilines is 2. The summed E-state index contributed by atoms with van der Waals surface area (Å²) in [6, 6.07) is 0.947. The number of ether oxygens (including phenoxy) is 4. The van der Waals surface area contributed by atoms with Gasteiger partial charge in [-0.25, -0.2) is 9.78 Å². The molecule has 0 aliphatic rings. The van der Waals surface area contributed by atoms with Crippen molar-refractivity contribution in [3.63, 3.8) is 0 Å². The molecular formula is C22H35ClN8O5Si. The molecule has 0 spiro atoms. The third-order valence-electron chi connectivity index (χ3n) is 5.14. The Bertz CT molecular complexity index is 1170. The minimum Gasteiger partial charge on any atom is -0.478 e. The summed E-state index contributed by atoms with van der Waals surface area (Å²) in [5.74, 6) is 0.852. The predicted molar refractivity (Wildman–Crippen MR) is 143 cm³/mol. The van der Waals surface area contributed by atoms with Crippen LogP contribution in [0, 0.1) is 0 Å². The maximum absolute atomic E-state index is 11.6. The number of imidazole rings is 1. The lowest BCUT2D eigenvalue weighted by molar-refractivity contribution is 0.0446. The summed E-state index contributed by atoms with van der Waals surface area (Å²) >= 11 is 6.08. The van der Waals surface area contributed by atoms with Gasteiger partial charge in [0.05, 0.1) is 59.2 Å². The summed E-state index contributed by atoms with van der Waals surface area (Å²) in [5.41, 5.74) is 1.80. The number of fused-ring (bicyclic) bond motifs is 1. The third kappa shape index (κ3) is 9.14. The first kappa shape index (κ1) is 28.6. The van der Waals surface area contributed by atoms with Gasteiger partial charge in [0.25, 0.3) is 5.88 Å². The van der Waals surface area contributed by atoms with Crippen molar-refractivity contribution in [1.29, 1.82) is 0 Å². The number of hydrogen-bond donors (Lipinski definition) is 2. The van der Waals surface area contributed by atoms with Crippen molar-refractivity contribution in [2.24, 2.45) is 7.05 Å². The van der Waals surface area contributed by atoms with Gasteiger partial charge in [-0.05, 0) is 17.6 Å². The van der Waals surface area contributed by atoms with Crippen molar-refractivity contribution in [2.45, 2.75) is 32.2 Å². The van der Waals surface area contributed by atoms with Crippen LogP contribution in [0.2, 0.25) is 31.0 Å². The van der Waals surface area contributed by atoms with Crippen molar-refractivity contribution >= 4 is 48.4 Å². The highest BCUT2D eigenvalue weighted by Gasteiger charge is 2.16. The molecule has 3 heterocycles. The van der Waals surface area contributed by atoms with Gasteiger partial charge in [0.2, 0.25) is 5.28 Å². The van der Waals surface area contributed by atoms with E-state index in [1.807, 2.05) is 7.05 Å². The Morgan fingerprint density at radius 2 is 1.86 bits per heavy atom. The fraction of sp³-hybridized carbons (Fsp3) is 0.591. The Morgan fingerprint density at radius 1 is 1.11 bits per heavy atom. The number of amides is 1. The Balaban J connectivity index is 1.34. The number of rotatable bonds is 15. The number of carbonyl (C=O) groups is 1. The maximum atomic E-state index is 11.6. The number of nitrogens with zero attached hydrogens (tertiary/aromatic N) is 6. The maximum Gasteiger partial charge on any atom is 0.407 e. The highest BCUT2D eigenvalue weighted by atomic mass is 35.5. The molecule has 37 heavy (non-hydrogen) atoms. The molecule has 1 amide bonds. The van der Waals surface area contributed by atoms with Gasteiger partial charge in [0.15, 0.2) is 17.0 Å². The largest absolute Gasteiger partial charge is 0.478 e. The number of alkyl carbamates (subject to hydrolysis) is 1. The van der Waals surface area contributed by atoms with Crippen LogP contribution in [0.4, 0.5) is 16.3 Å². The van der Waals surface area contributed by atoms with Gasteiger partial charge in [0, 0.05) is 21.7 Å². The van der Waals surface area contributed by atoms with Gasteiger partial charge in [-0.2, -0.15) is 9.97 Å². The van der Waals surface area contributed by atoms with Crippen LogP contribution in [0.1, 0.15) is 0 Å². The monoisotopic (exact) mass is 554 g/mol. The number of aromatic nitrogens is 6. The van der Waals surface area contributed by atoms with E-state index in [1.165, 1.54) is 7.11 Å². The fourth-order valence-electron chi connectivity index (χ4n) is 3.16. The molecule has 0 aliphatic heterocycles. The molecule has 3 aromatic rings. The number of carbonyl (C=O) groups excluding carboxylic acids is 1. The Hall–Kier alpha value is -2.94. The number of halogens is 1. The van der Waals surface area contributed by atoms with Gasteiger partial charge in [-0.15, -0.1) is 5.10 Å². The Kier molecular flexibility index (Phi) is 10.5. The van der Waals surface area contributed by atoms with Gasteiger partial charge < -0.3 is 34.1 Å². The zero-order chi connectivity index (χ0) is 26.8. The second kappa shape index (κ2) is 13.6. The molecule has 0 saturated heterocycles. The molecule has 0 atom stereocenters. The molecule has 2 N–H and O–H groups in total. The van der Waals surface area contributed by atoms with Crippen molar-refractivity contribution < 1.29 is 23.7 Å². The van der Waals surface area contributed by atoms with Crippen LogP contribution < -0.4 is 15.4 Å². The number of nitrogens with one attached hydrogen (secondary N) is 2. The minimum atomic E-state index is -1.21. The molecule has 3 rings (SSSR count). The van der Waals surface area contributed by atoms with E-state index in [2.05, 4.69) is 50.3 Å². The Morgan fingerprint density at radius 3 is 2.59 bits per heavy atom. The summed E-state index contributed by atoms with van der Waals surface area (Å²) in [6.45, 7) is 9.71. The number of aryl methyl sites for hydroxylation is 1. The minimum absolute atomic E-state index is 0.105. The summed E-state index contributed by atoms with van der Waals surface area (Å²) in [5, 5.41) is 10.4. The highest BCUT2D eigenvalue weighted by Crippen LogP contribution is 2.29. The zero-order valence-electron chi connectivity index (χ0n) is 21.9. The zero-order valence-corrected chi connectivity index (χ0v) is 23.7. The highest BCUT2D eigenvalue weighted by molar-refractivity contribution is 6.76. The molecule has 13 nitrogen and oxygen atoms in total. The normalized spacial score (nSPS) is 11.6. The van der Waals surface area contributed by atoms with Crippen molar-refractivity contribution in [3.05, 3.63) is 17.8 Å². The van der Waals surface area contributed by atoms with Crippen LogP contribution in [0.25, 0.3) is 11.2 Å². The van der Waals surface area contributed by atoms with Crippen molar-refractivity contribution in [2.75, 3.05) is 52.0 Å². The lowest BCUT2D eigenvalue weighted by Crippen LogP contribution is -2.30. The number of methoxy groups -OCH3 is 1. The second-order valence-corrected chi connectivity index (χ2v) is 15.4. The summed E-state index contributed by atoms with van der Waals surface area (Å²) in [7, 11) is 2.16. The van der Waals surface area contributed by atoms with E-state index in [1.54, 1.807) is 21.8 Å². The van der Waals surface area contributed by atoms with E-state index in [0.717, 1.165) is 6.04 Å². The van der Waals surface area contributed by atoms with Gasteiger partial charge >= 0.3 is 6.09 Å². The van der Waals surface area contributed by atoms with Crippen LogP contribution in [0.15, 0.2) is 12.5 Å². The molecule has 3 aromatic heterocycles. The SMILES string of the molecule is COc1nn(CCOCCOCCNC(=O)OCC[Si](C)(C)C)cc1Nc1nc(Cl)nc2c1ncn2C. The molecule has 0 unspecified atom stereocenters. The fourth-order valence-corrected chi connectivity index (χ4v) is 4.03. The summed E-state index contributed by atoms with van der Waals surface area (Å²) in [4.78, 5) is 24.4. The molecule has 0 bridgehead atoms. The number of hydrogen-bond acceptors (Lipinski definition) is 10. The van der Waals surface area contributed by atoms with Crippen molar-refractivity contribution in [3.8, 4) is 5.88 Å². The quantitative estimate of drug-likeness (QED) is 0.164. The van der Waals surface area contributed by atoms with E-state index in [4.69, 9.17) is 30.5 Å². The van der Waals surface area contributed by atoms with E-state index in [0.29, 0.717) is 74.7 Å². The molecule has 204 valence electrons. The van der Waals surface area contributed by atoms with Gasteiger partial charge in [-0.1, -0.05) is 19.6 Å². The third-order valence-corrected chi connectivity index (χ3v) is 7.02. The lowest BCUT2D eigenvalue weighted by atomic mass is 10.4. The second-order valence-electron chi connectivity index (χ2n) is 9.41. The van der Waals surface area contributed by atoms with Crippen LogP contribution in [0.5, 0.6) is 5.88 Å². The standard InChI is InChI=1S/C22H35ClN8O5Si/c1-30-15-25-17-18(27-21(23)28-19(17)30)26-16-14-31(29-20(16)33-2)7-9-35-11-10-34-8-6-24-22(32)36-12-13-37(3,4)5/h14-15H,6-13H2,1-5H3,(H,24,32)(H,26,27,28). The molecule has 0 fully saturated rings. The molecular weight excluding hydrogens is 520 g/mol. The summed E-state index contributed by atoms with van der Waals surface area (Å²) < 4.78 is 25.1. The molecule has 0 aliphatic carbocycles. The van der Waals surface area contributed by atoms with Gasteiger partial charge in [0.1, 0.15) is 5.69 Å². The summed E-state index contributed by atoms with van der Waals surface area (Å²) in [6.07, 6.45) is 3.02. The van der Waals surface area contributed by atoms with Gasteiger partial charge in [-0.3, -0.25) is 4.68 Å². The van der Waals surface area contributed by atoms with E-state index >= 15 is 0 Å². The van der Waals surface area contributed by atoms with Crippen LogP contribution >= 0.6 is 11.6 Å². The molecule has 0 radical (unpaired) electrons.